The fourth-order valence-corrected chi connectivity index (χ4v) is 3.58. The van der Waals surface area contributed by atoms with Crippen molar-refractivity contribution in [1.29, 1.82) is 0 Å². The number of nitrogens with one attached hydrogen (secondary N) is 1. The maximum atomic E-state index is 12.3. The van der Waals surface area contributed by atoms with Gasteiger partial charge in [-0.1, -0.05) is 11.2 Å². The maximum Gasteiger partial charge on any atom is 0.237 e. The van der Waals surface area contributed by atoms with Gasteiger partial charge in [0.25, 0.3) is 0 Å². The minimum atomic E-state index is -0.0959. The first-order chi connectivity index (χ1) is 11.6. The van der Waals surface area contributed by atoms with Gasteiger partial charge in [-0.3, -0.25) is 14.6 Å². The van der Waals surface area contributed by atoms with Crippen molar-refractivity contribution in [3.05, 3.63) is 39.9 Å². The molecule has 0 aliphatic carbocycles. The minimum Gasteiger partial charge on any atom is -0.361 e. The number of carbonyl (C=O) groups excluding carboxylic acids is 1. The smallest absolute Gasteiger partial charge is 0.237 e. The van der Waals surface area contributed by atoms with Crippen molar-refractivity contribution in [1.82, 2.24) is 20.3 Å². The number of carbonyl (C=O) groups is 1. The average molecular weight is 348 g/mol. The van der Waals surface area contributed by atoms with Gasteiger partial charge < -0.3 is 9.84 Å². The Balaban J connectivity index is 1.42. The van der Waals surface area contributed by atoms with Crippen molar-refractivity contribution in [3.8, 4) is 0 Å². The van der Waals surface area contributed by atoms with E-state index in [0.717, 1.165) is 44.2 Å². The Kier molecular flexibility index (Phi) is 5.65. The normalized spacial score (nSPS) is 17.8. The van der Waals surface area contributed by atoms with E-state index in [-0.39, 0.29) is 11.9 Å². The Hall–Kier alpha value is -1.70. The van der Waals surface area contributed by atoms with Crippen molar-refractivity contribution in [2.45, 2.75) is 33.0 Å². The van der Waals surface area contributed by atoms with E-state index >= 15 is 0 Å². The lowest BCUT2D eigenvalue weighted by molar-refractivity contribution is -0.126. The van der Waals surface area contributed by atoms with E-state index in [1.165, 1.54) is 4.88 Å². The van der Waals surface area contributed by atoms with Crippen LogP contribution in [0.3, 0.4) is 0 Å². The van der Waals surface area contributed by atoms with Crippen molar-refractivity contribution < 1.29 is 9.32 Å². The van der Waals surface area contributed by atoms with Gasteiger partial charge >= 0.3 is 0 Å². The number of piperazine rings is 1. The molecule has 2 aromatic heterocycles. The fraction of sp³-hybridized carbons (Fsp3) is 0.529. The Morgan fingerprint density at radius 1 is 1.42 bits per heavy atom. The summed E-state index contributed by atoms with van der Waals surface area (Å²) in [5, 5.41) is 9.11. The Bertz CT molecular complexity index is 647. The molecule has 0 aromatic carbocycles. The lowest BCUT2D eigenvalue weighted by atomic mass is 10.2. The second-order valence-corrected chi connectivity index (χ2v) is 7.25. The van der Waals surface area contributed by atoms with Crippen LogP contribution in [0.1, 0.15) is 23.3 Å². The largest absolute Gasteiger partial charge is 0.361 e. The molecular formula is C17H24N4O2S. The second kappa shape index (κ2) is 7.92. The third-order valence-corrected chi connectivity index (χ3v) is 5.29. The van der Waals surface area contributed by atoms with Crippen LogP contribution < -0.4 is 5.32 Å². The van der Waals surface area contributed by atoms with Crippen molar-refractivity contribution in [3.63, 3.8) is 0 Å². The van der Waals surface area contributed by atoms with Gasteiger partial charge in [0.1, 0.15) is 5.76 Å². The number of amides is 1. The maximum absolute atomic E-state index is 12.3. The Labute approximate surface area is 146 Å². The monoisotopic (exact) mass is 348 g/mol. The predicted octanol–water partition coefficient (Wildman–Crippen LogP) is 1.87. The van der Waals surface area contributed by atoms with Crippen LogP contribution in [0.15, 0.2) is 28.1 Å². The number of nitrogens with zero attached hydrogens (tertiary/aromatic N) is 3. The highest BCUT2D eigenvalue weighted by Crippen LogP contribution is 2.12. The van der Waals surface area contributed by atoms with Gasteiger partial charge in [-0.25, -0.2) is 0 Å². The summed E-state index contributed by atoms with van der Waals surface area (Å²) < 4.78 is 5.12. The molecule has 7 heteroatoms. The summed E-state index contributed by atoms with van der Waals surface area (Å²) in [5.41, 5.74) is 0.975. The Morgan fingerprint density at radius 2 is 2.21 bits per heavy atom. The summed E-state index contributed by atoms with van der Waals surface area (Å²) in [6, 6.07) is 5.93. The summed E-state index contributed by atoms with van der Waals surface area (Å²) in [4.78, 5) is 18.1. The minimum absolute atomic E-state index is 0.0959. The molecule has 1 fully saturated rings. The molecule has 130 valence electrons. The summed E-state index contributed by atoms with van der Waals surface area (Å²) >= 11 is 1.67. The van der Waals surface area contributed by atoms with Gasteiger partial charge in [0.15, 0.2) is 0 Å². The molecule has 3 heterocycles. The van der Waals surface area contributed by atoms with E-state index < -0.39 is 0 Å². The summed E-state index contributed by atoms with van der Waals surface area (Å²) in [7, 11) is 0. The number of aromatic nitrogens is 1. The van der Waals surface area contributed by atoms with Crippen LogP contribution in [0.4, 0.5) is 0 Å². The van der Waals surface area contributed by atoms with E-state index in [0.29, 0.717) is 6.54 Å². The highest BCUT2D eigenvalue weighted by molar-refractivity contribution is 7.09. The highest BCUT2D eigenvalue weighted by atomic mass is 32.1. The van der Waals surface area contributed by atoms with Crippen LogP contribution in [0.25, 0.3) is 0 Å². The van der Waals surface area contributed by atoms with Crippen LogP contribution in [-0.2, 0) is 17.9 Å². The summed E-state index contributed by atoms with van der Waals surface area (Å²) in [6.07, 6.45) is 0. The third kappa shape index (κ3) is 4.43. The summed E-state index contributed by atoms with van der Waals surface area (Å²) in [6.45, 7) is 8.99. The predicted molar refractivity (Wildman–Crippen MR) is 93.7 cm³/mol. The van der Waals surface area contributed by atoms with E-state index in [9.17, 15) is 4.79 Å². The first kappa shape index (κ1) is 17.1. The zero-order valence-corrected chi connectivity index (χ0v) is 15.0. The lowest BCUT2D eigenvalue weighted by Crippen LogP contribution is -2.53. The standard InChI is InChI=1S/C17H24N4O2S/c1-13-10-15(19-23-13)12-20-5-7-21(8-6-20)14(2)17(22)18-11-16-4-3-9-24-16/h3-4,9-10,14H,5-8,11-12H2,1-2H3,(H,18,22)/t14-/m1/s1. The SMILES string of the molecule is Cc1cc(CN2CCN([C@H](C)C(=O)NCc3cccs3)CC2)no1. The first-order valence-electron chi connectivity index (χ1n) is 8.30. The molecule has 24 heavy (non-hydrogen) atoms. The molecule has 1 amide bonds. The number of rotatable bonds is 6. The molecule has 1 aliphatic heterocycles. The van der Waals surface area contributed by atoms with Gasteiger partial charge in [-0.05, 0) is 25.3 Å². The highest BCUT2D eigenvalue weighted by Gasteiger charge is 2.25. The molecule has 1 atom stereocenters. The van der Waals surface area contributed by atoms with Crippen molar-refractivity contribution >= 4 is 17.2 Å². The number of hydrogen-bond acceptors (Lipinski definition) is 6. The molecule has 0 bridgehead atoms. The summed E-state index contributed by atoms with van der Waals surface area (Å²) in [5.74, 6) is 0.948. The molecule has 1 N–H and O–H groups in total. The average Bonchev–Trinajstić information content (AvgIpc) is 3.24. The fourth-order valence-electron chi connectivity index (χ4n) is 2.93. The number of aryl methyl sites for hydroxylation is 1. The molecule has 0 spiro atoms. The van der Waals surface area contributed by atoms with E-state index in [1.54, 1.807) is 11.3 Å². The molecule has 0 saturated carbocycles. The molecule has 6 nitrogen and oxygen atoms in total. The van der Waals surface area contributed by atoms with E-state index in [1.807, 2.05) is 37.4 Å². The molecule has 0 unspecified atom stereocenters. The van der Waals surface area contributed by atoms with Crippen LogP contribution >= 0.6 is 11.3 Å². The number of thiophene rings is 1. The Morgan fingerprint density at radius 3 is 2.83 bits per heavy atom. The van der Waals surface area contributed by atoms with E-state index in [4.69, 9.17) is 4.52 Å². The quantitative estimate of drug-likeness (QED) is 0.863. The van der Waals surface area contributed by atoms with Crippen LogP contribution in [0, 0.1) is 6.92 Å². The van der Waals surface area contributed by atoms with Crippen molar-refractivity contribution in [2.24, 2.45) is 0 Å². The van der Waals surface area contributed by atoms with Gasteiger partial charge in [0.05, 0.1) is 18.3 Å². The lowest BCUT2D eigenvalue weighted by Gasteiger charge is -2.37. The second-order valence-electron chi connectivity index (χ2n) is 6.21. The zero-order chi connectivity index (χ0) is 16.9. The van der Waals surface area contributed by atoms with Crippen molar-refractivity contribution in [2.75, 3.05) is 26.2 Å². The molecule has 0 radical (unpaired) electrons. The molecule has 2 aromatic rings. The number of hydrogen-bond donors (Lipinski definition) is 1. The van der Waals surface area contributed by atoms with Crippen LogP contribution in [-0.4, -0.2) is 53.1 Å². The third-order valence-electron chi connectivity index (χ3n) is 4.41. The van der Waals surface area contributed by atoms with Gasteiger partial charge in [-0.15, -0.1) is 11.3 Å². The van der Waals surface area contributed by atoms with Gasteiger partial charge in [0.2, 0.25) is 5.91 Å². The molecule has 1 aliphatic rings. The molecular weight excluding hydrogens is 324 g/mol. The molecule has 1 saturated heterocycles. The first-order valence-corrected chi connectivity index (χ1v) is 9.18. The zero-order valence-electron chi connectivity index (χ0n) is 14.2. The topological polar surface area (TPSA) is 61.6 Å². The van der Waals surface area contributed by atoms with Gasteiger partial charge in [-0.2, -0.15) is 0 Å². The van der Waals surface area contributed by atoms with Gasteiger partial charge in [0, 0.05) is 43.7 Å². The van der Waals surface area contributed by atoms with Crippen LogP contribution in [0.2, 0.25) is 0 Å². The van der Waals surface area contributed by atoms with E-state index in [2.05, 4.69) is 20.3 Å². The molecule has 3 rings (SSSR count). The van der Waals surface area contributed by atoms with Crippen LogP contribution in [0.5, 0.6) is 0 Å².